The molecule has 9 heteroatoms. The Hall–Kier alpha value is -4.53. The third kappa shape index (κ3) is 5.63. The third-order valence-electron chi connectivity index (χ3n) is 8.65. The minimum Gasteiger partial charge on any atom is -0.497 e. The van der Waals surface area contributed by atoms with Gasteiger partial charge in [-0.1, -0.05) is 32.0 Å². The maximum absolute atomic E-state index is 14.1. The first-order chi connectivity index (χ1) is 20.8. The van der Waals surface area contributed by atoms with Gasteiger partial charge in [0.05, 0.1) is 38.2 Å². The summed E-state index contributed by atoms with van der Waals surface area (Å²) in [5.41, 5.74) is 3.89. The summed E-state index contributed by atoms with van der Waals surface area (Å²) in [6.07, 6.45) is 2.92. The summed E-state index contributed by atoms with van der Waals surface area (Å²) in [4.78, 5) is 38.9. The number of aromatic nitrogens is 1. The molecule has 1 aliphatic carbocycles. The Kier molecular flexibility index (Phi) is 7.73. The first kappa shape index (κ1) is 28.6. The van der Waals surface area contributed by atoms with Gasteiger partial charge in [-0.15, -0.1) is 0 Å². The van der Waals surface area contributed by atoms with E-state index in [0.717, 1.165) is 28.5 Å². The summed E-state index contributed by atoms with van der Waals surface area (Å²) < 4.78 is 11.5. The fourth-order valence-electron chi connectivity index (χ4n) is 6.58. The van der Waals surface area contributed by atoms with Crippen LogP contribution in [0, 0.1) is 5.41 Å². The van der Waals surface area contributed by atoms with E-state index in [-0.39, 0.29) is 23.7 Å². The van der Waals surface area contributed by atoms with E-state index in [0.29, 0.717) is 56.1 Å². The van der Waals surface area contributed by atoms with Gasteiger partial charge in [-0.05, 0) is 54.3 Å². The Morgan fingerprint density at radius 3 is 2.47 bits per heavy atom. The maximum Gasteiger partial charge on any atom is 0.242 e. The van der Waals surface area contributed by atoms with E-state index < -0.39 is 6.04 Å². The van der Waals surface area contributed by atoms with Gasteiger partial charge in [0.1, 0.15) is 17.3 Å². The number of benzene rings is 2. The molecule has 3 aromatic rings. The zero-order valence-corrected chi connectivity index (χ0v) is 25.3. The second kappa shape index (κ2) is 11.6. The normalized spacial score (nSPS) is 19.7. The second-order valence-corrected chi connectivity index (χ2v) is 12.2. The highest BCUT2D eigenvalue weighted by molar-refractivity contribution is 6.02. The number of fused-ring (bicyclic) bond motifs is 1. The maximum atomic E-state index is 14.1. The molecule has 43 heavy (non-hydrogen) atoms. The van der Waals surface area contributed by atoms with E-state index in [1.54, 1.807) is 20.4 Å². The van der Waals surface area contributed by atoms with E-state index in [1.165, 1.54) is 0 Å². The molecule has 1 amide bonds. The molecule has 0 bridgehead atoms. The highest BCUT2D eigenvalue weighted by atomic mass is 16.5. The number of nitrogens with zero attached hydrogens (tertiary/aromatic N) is 4. The molecular formula is C34H39N5O4. The van der Waals surface area contributed by atoms with Gasteiger partial charge in [-0.25, -0.2) is 4.98 Å². The molecule has 9 nitrogen and oxygen atoms in total. The van der Waals surface area contributed by atoms with Crippen LogP contribution in [0.4, 0.5) is 17.2 Å². The number of ether oxygens (including phenoxy) is 2. The SMILES string of the molecule is COc1ccc(OC)c(C2C3=C(CC(C)(C)CC3=O)Nc3ccccc3N2CC(=O)N2CCN(c3ccccn3)CC2)c1. The highest BCUT2D eigenvalue weighted by Crippen LogP contribution is 2.50. The number of carbonyl (C=O) groups is 2. The Bertz CT molecular complexity index is 1550. The number of Topliss-reactive ketones (excluding diaryl/α,β-unsaturated/α-hetero) is 1. The lowest BCUT2D eigenvalue weighted by Gasteiger charge is -2.40. The van der Waals surface area contributed by atoms with E-state index in [9.17, 15) is 9.59 Å². The summed E-state index contributed by atoms with van der Waals surface area (Å²) in [5, 5.41) is 3.63. The van der Waals surface area contributed by atoms with Gasteiger partial charge < -0.3 is 29.5 Å². The number of rotatable bonds is 6. The van der Waals surface area contributed by atoms with Crippen molar-refractivity contribution in [2.45, 2.75) is 32.7 Å². The number of anilines is 3. The lowest BCUT2D eigenvalue weighted by Crippen LogP contribution is -2.52. The molecule has 1 fully saturated rings. The van der Waals surface area contributed by atoms with Crippen molar-refractivity contribution in [3.8, 4) is 11.5 Å². The van der Waals surface area contributed by atoms with Crippen LogP contribution in [0.15, 0.2) is 78.1 Å². The molecule has 0 saturated carbocycles. The van der Waals surface area contributed by atoms with Gasteiger partial charge in [-0.2, -0.15) is 0 Å². The monoisotopic (exact) mass is 581 g/mol. The van der Waals surface area contributed by atoms with Gasteiger partial charge in [0.25, 0.3) is 0 Å². The van der Waals surface area contributed by atoms with Gasteiger partial charge >= 0.3 is 0 Å². The lowest BCUT2D eigenvalue weighted by molar-refractivity contribution is -0.130. The molecule has 0 radical (unpaired) electrons. The predicted molar refractivity (Wildman–Crippen MR) is 168 cm³/mol. The summed E-state index contributed by atoms with van der Waals surface area (Å²) in [7, 11) is 3.26. The molecule has 224 valence electrons. The number of para-hydroxylation sites is 2. The summed E-state index contributed by atoms with van der Waals surface area (Å²) >= 11 is 0. The molecular weight excluding hydrogens is 542 g/mol. The quantitative estimate of drug-likeness (QED) is 0.432. The van der Waals surface area contributed by atoms with Crippen LogP contribution in [-0.4, -0.2) is 68.5 Å². The standard InChI is InChI=1S/C34H39N5O4/c1-34(2)20-26-32(28(40)21-34)33(24-19-23(42-3)12-13-29(24)43-4)39(27-10-6-5-9-25(27)36-26)22-31(41)38-17-15-37(16-18-38)30-11-7-8-14-35-30/h5-14,19,33,36H,15-18,20-22H2,1-4H3. The molecule has 1 aromatic heterocycles. The summed E-state index contributed by atoms with van der Waals surface area (Å²) in [6, 6.07) is 19.0. The number of nitrogens with one attached hydrogen (secondary N) is 1. The van der Waals surface area contributed by atoms with Crippen molar-refractivity contribution in [1.29, 1.82) is 0 Å². The van der Waals surface area contributed by atoms with Crippen LogP contribution in [0.2, 0.25) is 0 Å². The van der Waals surface area contributed by atoms with Crippen LogP contribution in [0.25, 0.3) is 0 Å². The van der Waals surface area contributed by atoms with E-state index in [1.807, 2.05) is 65.6 Å². The summed E-state index contributed by atoms with van der Waals surface area (Å²) in [6.45, 7) is 6.95. The van der Waals surface area contributed by atoms with Crippen molar-refractivity contribution in [3.05, 3.63) is 83.7 Å². The Morgan fingerprint density at radius 2 is 1.74 bits per heavy atom. The van der Waals surface area contributed by atoms with Gasteiger partial charge in [-0.3, -0.25) is 9.59 Å². The number of piperazine rings is 1. The average Bonchev–Trinajstić information content (AvgIpc) is 3.15. The first-order valence-electron chi connectivity index (χ1n) is 14.8. The van der Waals surface area contributed by atoms with E-state index in [2.05, 4.69) is 33.9 Å². The van der Waals surface area contributed by atoms with Crippen molar-refractivity contribution in [1.82, 2.24) is 9.88 Å². The number of carbonyl (C=O) groups excluding carboxylic acids is 2. The average molecular weight is 582 g/mol. The molecule has 1 atom stereocenters. The lowest BCUT2D eigenvalue weighted by atomic mass is 9.73. The van der Waals surface area contributed by atoms with Crippen LogP contribution in [0.3, 0.4) is 0 Å². The minimum atomic E-state index is -0.557. The zero-order valence-electron chi connectivity index (χ0n) is 25.3. The first-order valence-corrected chi connectivity index (χ1v) is 14.8. The minimum absolute atomic E-state index is 0.00924. The number of allylic oxidation sites excluding steroid dienone is 1. The van der Waals surface area contributed by atoms with Crippen molar-refractivity contribution in [2.24, 2.45) is 5.41 Å². The van der Waals surface area contributed by atoms with Gasteiger partial charge in [0, 0.05) is 55.6 Å². The van der Waals surface area contributed by atoms with Gasteiger partial charge in [0.15, 0.2) is 5.78 Å². The fraction of sp³-hybridized carbons (Fsp3) is 0.382. The van der Waals surface area contributed by atoms with Crippen LogP contribution >= 0.6 is 0 Å². The molecule has 2 aliphatic heterocycles. The molecule has 1 unspecified atom stereocenters. The number of ketones is 1. The summed E-state index contributed by atoms with van der Waals surface area (Å²) in [5.74, 6) is 2.29. The number of hydrogen-bond acceptors (Lipinski definition) is 8. The zero-order chi connectivity index (χ0) is 30.1. The van der Waals surface area contributed by atoms with Crippen molar-refractivity contribution in [3.63, 3.8) is 0 Å². The third-order valence-corrected chi connectivity index (χ3v) is 8.65. The molecule has 1 N–H and O–H groups in total. The Morgan fingerprint density at radius 1 is 0.977 bits per heavy atom. The van der Waals surface area contributed by atoms with Crippen LogP contribution in [0.5, 0.6) is 11.5 Å². The molecule has 2 aromatic carbocycles. The van der Waals surface area contributed by atoms with Gasteiger partial charge in [0.2, 0.25) is 5.91 Å². The van der Waals surface area contributed by atoms with Crippen molar-refractivity contribution < 1.29 is 19.1 Å². The van der Waals surface area contributed by atoms with Crippen LogP contribution < -0.4 is 24.6 Å². The second-order valence-electron chi connectivity index (χ2n) is 12.2. The Labute approximate surface area is 253 Å². The topological polar surface area (TPSA) is 87.2 Å². The molecule has 0 spiro atoms. The predicted octanol–water partition coefficient (Wildman–Crippen LogP) is 5.06. The van der Waals surface area contributed by atoms with Crippen molar-refractivity contribution in [2.75, 3.05) is 62.1 Å². The largest absolute Gasteiger partial charge is 0.497 e. The number of hydrogen-bond donors (Lipinski definition) is 1. The van der Waals surface area contributed by atoms with Crippen LogP contribution in [-0.2, 0) is 9.59 Å². The highest BCUT2D eigenvalue weighted by Gasteiger charge is 2.43. The smallest absolute Gasteiger partial charge is 0.242 e. The van der Waals surface area contributed by atoms with E-state index in [4.69, 9.17) is 9.47 Å². The number of pyridine rings is 1. The number of amides is 1. The van der Waals surface area contributed by atoms with Crippen molar-refractivity contribution >= 4 is 28.9 Å². The fourth-order valence-corrected chi connectivity index (χ4v) is 6.58. The number of methoxy groups -OCH3 is 2. The van der Waals surface area contributed by atoms with E-state index >= 15 is 0 Å². The molecule has 3 aliphatic rings. The molecule has 1 saturated heterocycles. The van der Waals surface area contributed by atoms with Crippen LogP contribution in [0.1, 0.15) is 38.3 Å². The Balaban J connectivity index is 1.41. The molecule has 6 rings (SSSR count). The molecule has 3 heterocycles.